The van der Waals surface area contributed by atoms with E-state index in [9.17, 15) is 4.79 Å². The molecule has 0 spiro atoms. The van der Waals surface area contributed by atoms with Crippen LogP contribution in [0.2, 0.25) is 10.0 Å². The minimum Gasteiger partial charge on any atom is -0.488 e. The van der Waals surface area contributed by atoms with Crippen LogP contribution in [-0.2, 0) is 6.61 Å². The number of benzene rings is 3. The number of nitrogens with zero attached hydrogens (tertiary/aromatic N) is 1. The first-order valence-corrected chi connectivity index (χ1v) is 10.2. The molecule has 0 atom stereocenters. The number of amides is 1. The Morgan fingerprint density at radius 1 is 0.967 bits per heavy atom. The Morgan fingerprint density at radius 3 is 2.27 bits per heavy atom. The van der Waals surface area contributed by atoms with Gasteiger partial charge in [-0.3, -0.25) is 4.79 Å². The molecule has 30 heavy (non-hydrogen) atoms. The van der Waals surface area contributed by atoms with Gasteiger partial charge in [0.15, 0.2) is 0 Å². The summed E-state index contributed by atoms with van der Waals surface area (Å²) in [6, 6.07) is 16.7. The number of ether oxygens (including phenoxy) is 1. The lowest BCUT2D eigenvalue weighted by Crippen LogP contribution is -2.17. The van der Waals surface area contributed by atoms with Crippen LogP contribution in [0.4, 0.5) is 0 Å². The Labute approximate surface area is 186 Å². The highest BCUT2D eigenvalue weighted by molar-refractivity contribution is 6.42. The summed E-state index contributed by atoms with van der Waals surface area (Å²) < 4.78 is 6.00. The van der Waals surface area contributed by atoms with E-state index in [4.69, 9.17) is 27.9 Å². The monoisotopic (exact) mass is 440 g/mol. The van der Waals surface area contributed by atoms with Crippen LogP contribution in [-0.4, -0.2) is 12.1 Å². The summed E-state index contributed by atoms with van der Waals surface area (Å²) >= 11 is 12.0. The molecule has 0 aromatic heterocycles. The van der Waals surface area contributed by atoms with Gasteiger partial charge in [-0.05, 0) is 79.4 Å². The minimum atomic E-state index is -0.249. The number of nitrogens with one attached hydrogen (secondary N) is 1. The summed E-state index contributed by atoms with van der Waals surface area (Å²) in [4.78, 5) is 12.1. The van der Waals surface area contributed by atoms with Crippen molar-refractivity contribution in [3.05, 3.63) is 98.0 Å². The summed E-state index contributed by atoms with van der Waals surface area (Å²) in [6.45, 7) is 6.31. The van der Waals surface area contributed by atoms with E-state index in [0.717, 1.165) is 33.6 Å². The van der Waals surface area contributed by atoms with Gasteiger partial charge in [-0.1, -0.05) is 47.0 Å². The van der Waals surface area contributed by atoms with E-state index >= 15 is 0 Å². The molecule has 1 amide bonds. The minimum absolute atomic E-state index is 0.249. The van der Waals surface area contributed by atoms with Crippen LogP contribution in [0.1, 0.15) is 38.2 Å². The van der Waals surface area contributed by atoms with Gasteiger partial charge in [0.1, 0.15) is 12.4 Å². The summed E-state index contributed by atoms with van der Waals surface area (Å²) in [5.41, 5.74) is 7.97. The van der Waals surface area contributed by atoms with Gasteiger partial charge < -0.3 is 4.74 Å². The highest BCUT2D eigenvalue weighted by Crippen LogP contribution is 2.27. The van der Waals surface area contributed by atoms with Crippen LogP contribution in [0.25, 0.3) is 0 Å². The van der Waals surface area contributed by atoms with E-state index in [-0.39, 0.29) is 5.91 Å². The number of aryl methyl sites for hydroxylation is 3. The zero-order valence-corrected chi connectivity index (χ0v) is 18.5. The van der Waals surface area contributed by atoms with Crippen molar-refractivity contribution in [2.24, 2.45) is 5.10 Å². The van der Waals surface area contributed by atoms with E-state index < -0.39 is 0 Å². The summed E-state index contributed by atoms with van der Waals surface area (Å²) in [5.74, 6) is 0.559. The van der Waals surface area contributed by atoms with Gasteiger partial charge in [0.25, 0.3) is 5.91 Å². The van der Waals surface area contributed by atoms with Crippen molar-refractivity contribution in [1.29, 1.82) is 0 Å². The third-order valence-corrected chi connectivity index (χ3v) is 5.28. The molecule has 3 aromatic rings. The second kappa shape index (κ2) is 9.79. The first-order chi connectivity index (χ1) is 14.3. The molecule has 0 saturated heterocycles. The van der Waals surface area contributed by atoms with E-state index in [1.165, 1.54) is 0 Å². The van der Waals surface area contributed by atoms with Crippen molar-refractivity contribution in [3.63, 3.8) is 0 Å². The molecule has 0 aliphatic heterocycles. The quantitative estimate of drug-likeness (QED) is 0.363. The van der Waals surface area contributed by atoms with Gasteiger partial charge in [0, 0.05) is 5.56 Å². The molecule has 154 valence electrons. The molecule has 3 rings (SSSR count). The summed E-state index contributed by atoms with van der Waals surface area (Å²) in [6.07, 6.45) is 1.62. The molecule has 0 aliphatic rings. The normalized spacial score (nSPS) is 11.0. The Morgan fingerprint density at radius 2 is 1.63 bits per heavy atom. The molecule has 1 N–H and O–H groups in total. The number of hydrogen-bond acceptors (Lipinski definition) is 3. The number of hydrogen-bond donors (Lipinski definition) is 1. The van der Waals surface area contributed by atoms with Crippen LogP contribution in [0, 0.1) is 20.8 Å². The van der Waals surface area contributed by atoms with Crippen molar-refractivity contribution in [2.75, 3.05) is 0 Å². The fourth-order valence-electron chi connectivity index (χ4n) is 3.01. The molecule has 4 nitrogen and oxygen atoms in total. The Bertz CT molecular complexity index is 1070. The van der Waals surface area contributed by atoms with Gasteiger partial charge in [-0.15, -0.1) is 0 Å². The van der Waals surface area contributed by atoms with E-state index in [0.29, 0.717) is 22.2 Å². The number of carbonyl (C=O) groups is 1. The highest BCUT2D eigenvalue weighted by Gasteiger charge is 2.08. The maximum Gasteiger partial charge on any atom is 0.271 e. The van der Waals surface area contributed by atoms with Gasteiger partial charge in [-0.2, -0.15) is 5.10 Å². The molecule has 0 bridgehead atoms. The molecule has 0 unspecified atom stereocenters. The van der Waals surface area contributed by atoms with Crippen molar-refractivity contribution in [1.82, 2.24) is 5.43 Å². The van der Waals surface area contributed by atoms with E-state index in [1.54, 1.807) is 30.5 Å². The van der Waals surface area contributed by atoms with Gasteiger partial charge in [-0.25, -0.2) is 5.43 Å². The van der Waals surface area contributed by atoms with Crippen molar-refractivity contribution in [3.8, 4) is 5.75 Å². The molecule has 0 radical (unpaired) electrons. The second-order valence-electron chi connectivity index (χ2n) is 7.09. The van der Waals surface area contributed by atoms with Crippen LogP contribution in [0.3, 0.4) is 0 Å². The van der Waals surface area contributed by atoms with E-state index in [2.05, 4.69) is 10.5 Å². The van der Waals surface area contributed by atoms with Crippen molar-refractivity contribution >= 4 is 35.3 Å². The van der Waals surface area contributed by atoms with Crippen LogP contribution in [0.5, 0.6) is 5.75 Å². The standard InChI is InChI=1S/C24H22Cl2N2O2/c1-15-4-7-20(8-5-15)24(29)28-27-13-19-10-16(2)23(17(3)11-19)30-14-18-6-9-21(25)22(26)12-18/h4-13H,14H2,1-3H3,(H,28,29)/b27-13-. The lowest BCUT2D eigenvalue weighted by atomic mass is 10.1. The van der Waals surface area contributed by atoms with Gasteiger partial charge in [0.05, 0.1) is 16.3 Å². The maximum absolute atomic E-state index is 12.1. The smallest absolute Gasteiger partial charge is 0.271 e. The van der Waals surface area contributed by atoms with Crippen LogP contribution >= 0.6 is 23.2 Å². The van der Waals surface area contributed by atoms with Gasteiger partial charge >= 0.3 is 0 Å². The molecule has 3 aromatic carbocycles. The molecule has 6 heteroatoms. The number of rotatable bonds is 6. The van der Waals surface area contributed by atoms with Crippen molar-refractivity contribution in [2.45, 2.75) is 27.4 Å². The number of hydrazone groups is 1. The number of carbonyl (C=O) groups excluding carboxylic acids is 1. The predicted octanol–water partition coefficient (Wildman–Crippen LogP) is 6.26. The Kier molecular flexibility index (Phi) is 7.14. The first-order valence-electron chi connectivity index (χ1n) is 9.41. The largest absolute Gasteiger partial charge is 0.488 e. The molecular formula is C24H22Cl2N2O2. The fraction of sp³-hybridized carbons (Fsp3) is 0.167. The fourth-order valence-corrected chi connectivity index (χ4v) is 3.33. The molecular weight excluding hydrogens is 419 g/mol. The average molecular weight is 441 g/mol. The zero-order valence-electron chi connectivity index (χ0n) is 17.0. The van der Waals surface area contributed by atoms with Crippen LogP contribution in [0.15, 0.2) is 59.7 Å². The summed E-state index contributed by atoms with van der Waals surface area (Å²) in [7, 11) is 0. The predicted molar refractivity (Wildman–Crippen MR) is 123 cm³/mol. The average Bonchev–Trinajstić information content (AvgIpc) is 2.70. The lowest BCUT2D eigenvalue weighted by Gasteiger charge is -2.13. The zero-order chi connectivity index (χ0) is 21.7. The summed E-state index contributed by atoms with van der Waals surface area (Å²) in [5, 5.41) is 5.10. The maximum atomic E-state index is 12.1. The molecule has 0 aliphatic carbocycles. The van der Waals surface area contributed by atoms with E-state index in [1.807, 2.05) is 51.1 Å². The lowest BCUT2D eigenvalue weighted by molar-refractivity contribution is 0.0955. The van der Waals surface area contributed by atoms with Crippen molar-refractivity contribution < 1.29 is 9.53 Å². The molecule has 0 saturated carbocycles. The third kappa shape index (κ3) is 5.62. The highest BCUT2D eigenvalue weighted by atomic mass is 35.5. The second-order valence-corrected chi connectivity index (χ2v) is 7.90. The Hall–Kier alpha value is -2.82. The van der Waals surface area contributed by atoms with Gasteiger partial charge in [0.2, 0.25) is 0 Å². The topological polar surface area (TPSA) is 50.7 Å². The molecule has 0 heterocycles. The Balaban J connectivity index is 1.64. The first kappa shape index (κ1) is 21.9. The SMILES string of the molecule is Cc1ccc(C(=O)N/N=C\c2cc(C)c(OCc3ccc(Cl)c(Cl)c3)c(C)c2)cc1. The third-order valence-electron chi connectivity index (χ3n) is 4.54. The van der Waals surface area contributed by atoms with Crippen LogP contribution < -0.4 is 10.2 Å². The molecule has 0 fully saturated rings. The number of halogens is 2.